The van der Waals surface area contributed by atoms with E-state index < -0.39 is 0 Å². The summed E-state index contributed by atoms with van der Waals surface area (Å²) in [5.74, 6) is 1.46. The predicted octanol–water partition coefficient (Wildman–Crippen LogP) is 7.26. The van der Waals surface area contributed by atoms with Gasteiger partial charge in [0.15, 0.2) is 0 Å². The molecule has 4 aromatic carbocycles. The van der Waals surface area contributed by atoms with Gasteiger partial charge < -0.3 is 13.9 Å². The maximum absolute atomic E-state index is 6.28. The van der Waals surface area contributed by atoms with Crippen LogP contribution in [-0.4, -0.2) is 0 Å². The molecule has 0 aliphatic rings. The first kappa shape index (κ1) is 19.0. The minimum Gasteiger partial charge on any atom is -0.489 e. The van der Waals surface area contributed by atoms with Crippen molar-refractivity contribution in [2.45, 2.75) is 13.2 Å². The van der Waals surface area contributed by atoms with Crippen LogP contribution in [0.5, 0.6) is 11.5 Å². The summed E-state index contributed by atoms with van der Waals surface area (Å²) in [7, 11) is 0. The fourth-order valence-electron chi connectivity index (χ4n) is 3.61. The first-order valence-electron chi connectivity index (χ1n) is 10.3. The summed E-state index contributed by atoms with van der Waals surface area (Å²) in [5.41, 5.74) is 5.05. The molecule has 0 saturated carbocycles. The maximum Gasteiger partial charge on any atom is 0.141 e. The van der Waals surface area contributed by atoms with Crippen molar-refractivity contribution in [3.63, 3.8) is 0 Å². The van der Waals surface area contributed by atoms with Crippen LogP contribution in [0.15, 0.2) is 114 Å². The molecule has 0 fully saturated rings. The number of hydrogen-bond acceptors (Lipinski definition) is 3. The van der Waals surface area contributed by atoms with E-state index >= 15 is 0 Å². The molecule has 1 aromatic heterocycles. The van der Waals surface area contributed by atoms with Gasteiger partial charge in [0.25, 0.3) is 0 Å². The zero-order chi connectivity index (χ0) is 20.9. The van der Waals surface area contributed by atoms with Crippen molar-refractivity contribution in [2.75, 3.05) is 0 Å². The molecule has 1 heterocycles. The van der Waals surface area contributed by atoms with E-state index in [0.717, 1.165) is 39.0 Å². The molecule has 0 saturated heterocycles. The second-order valence-corrected chi connectivity index (χ2v) is 7.36. The Morgan fingerprint density at radius 2 is 1.19 bits per heavy atom. The molecule has 0 bridgehead atoms. The van der Waals surface area contributed by atoms with E-state index in [1.54, 1.807) is 6.26 Å². The second kappa shape index (κ2) is 8.80. The van der Waals surface area contributed by atoms with E-state index in [0.29, 0.717) is 19.0 Å². The molecule has 3 heteroatoms. The lowest BCUT2D eigenvalue weighted by Gasteiger charge is -2.12. The minimum atomic E-state index is 0.470. The molecule has 0 unspecified atom stereocenters. The Morgan fingerprint density at radius 3 is 1.84 bits per heavy atom. The Balaban J connectivity index is 1.51. The van der Waals surface area contributed by atoms with Crippen LogP contribution in [0.1, 0.15) is 11.1 Å². The highest BCUT2D eigenvalue weighted by molar-refractivity contribution is 5.99. The van der Waals surface area contributed by atoms with Crippen molar-refractivity contribution in [2.24, 2.45) is 0 Å². The summed E-state index contributed by atoms with van der Waals surface area (Å²) < 4.78 is 18.3. The van der Waals surface area contributed by atoms with Crippen LogP contribution in [0, 0.1) is 0 Å². The van der Waals surface area contributed by atoms with Gasteiger partial charge in [-0.1, -0.05) is 91.0 Å². The van der Waals surface area contributed by atoms with E-state index in [4.69, 9.17) is 13.9 Å². The molecule has 0 amide bonds. The Kier molecular flexibility index (Phi) is 5.40. The third kappa shape index (κ3) is 4.31. The predicted molar refractivity (Wildman–Crippen MR) is 123 cm³/mol. The highest BCUT2D eigenvalue weighted by Gasteiger charge is 2.16. The normalized spacial score (nSPS) is 10.8. The number of ether oxygens (including phenoxy) is 2. The summed E-state index contributed by atoms with van der Waals surface area (Å²) in [5, 5.41) is 0.953. The van der Waals surface area contributed by atoms with Gasteiger partial charge in [0.05, 0.1) is 11.6 Å². The number of rotatable bonds is 7. The molecule has 0 aliphatic heterocycles. The largest absolute Gasteiger partial charge is 0.489 e. The molecule has 0 spiro atoms. The fraction of sp³-hybridized carbons (Fsp3) is 0.0714. The Morgan fingerprint density at radius 1 is 0.613 bits per heavy atom. The van der Waals surface area contributed by atoms with E-state index in [2.05, 4.69) is 24.3 Å². The number of furan rings is 1. The first-order chi connectivity index (χ1) is 15.4. The van der Waals surface area contributed by atoms with E-state index in [9.17, 15) is 0 Å². The van der Waals surface area contributed by atoms with E-state index in [-0.39, 0.29) is 0 Å². The summed E-state index contributed by atoms with van der Waals surface area (Å²) in [6.07, 6.45) is 1.79. The van der Waals surface area contributed by atoms with E-state index in [1.165, 1.54) is 0 Å². The van der Waals surface area contributed by atoms with Crippen molar-refractivity contribution >= 4 is 11.0 Å². The molecular formula is C28H22O3. The van der Waals surface area contributed by atoms with Crippen LogP contribution < -0.4 is 9.47 Å². The van der Waals surface area contributed by atoms with Gasteiger partial charge in [0, 0.05) is 17.7 Å². The van der Waals surface area contributed by atoms with Gasteiger partial charge in [-0.25, -0.2) is 0 Å². The number of hydrogen-bond donors (Lipinski definition) is 0. The quantitative estimate of drug-likeness (QED) is 0.285. The molecule has 0 atom stereocenters. The lowest BCUT2D eigenvalue weighted by molar-refractivity contribution is 0.292. The second-order valence-electron chi connectivity index (χ2n) is 7.36. The zero-order valence-corrected chi connectivity index (χ0v) is 17.0. The van der Waals surface area contributed by atoms with Crippen LogP contribution in [0.3, 0.4) is 0 Å². The van der Waals surface area contributed by atoms with Crippen molar-refractivity contribution in [1.82, 2.24) is 0 Å². The van der Waals surface area contributed by atoms with Crippen molar-refractivity contribution in [3.05, 3.63) is 121 Å². The van der Waals surface area contributed by atoms with Crippen LogP contribution in [0.4, 0.5) is 0 Å². The fourth-order valence-corrected chi connectivity index (χ4v) is 3.61. The third-order valence-corrected chi connectivity index (χ3v) is 5.18. The smallest absolute Gasteiger partial charge is 0.141 e. The van der Waals surface area contributed by atoms with Gasteiger partial charge in [-0.15, -0.1) is 0 Å². The summed E-state index contributed by atoms with van der Waals surface area (Å²) in [6.45, 7) is 0.953. The van der Waals surface area contributed by atoms with Gasteiger partial charge in [-0.2, -0.15) is 0 Å². The third-order valence-electron chi connectivity index (χ3n) is 5.18. The molecule has 0 aliphatic carbocycles. The standard InChI is InChI=1S/C28H22O3/c1-4-10-21(11-5-1)18-29-24-16-26(30-19-22-12-6-2-7-13-22)28-25(20-31-27(28)17-24)23-14-8-3-9-15-23/h1-17,20H,18-19H2. The Labute approximate surface area is 181 Å². The molecule has 152 valence electrons. The monoisotopic (exact) mass is 406 g/mol. The summed E-state index contributed by atoms with van der Waals surface area (Å²) in [4.78, 5) is 0. The van der Waals surface area contributed by atoms with Gasteiger partial charge >= 0.3 is 0 Å². The van der Waals surface area contributed by atoms with Crippen molar-refractivity contribution in [3.8, 4) is 22.6 Å². The van der Waals surface area contributed by atoms with Gasteiger partial charge in [-0.05, 0) is 16.7 Å². The van der Waals surface area contributed by atoms with Gasteiger partial charge in [0.2, 0.25) is 0 Å². The molecular weight excluding hydrogens is 384 g/mol. The van der Waals surface area contributed by atoms with Crippen LogP contribution >= 0.6 is 0 Å². The first-order valence-corrected chi connectivity index (χ1v) is 10.3. The molecule has 0 N–H and O–H groups in total. The number of benzene rings is 4. The van der Waals surface area contributed by atoms with Gasteiger partial charge in [-0.3, -0.25) is 0 Å². The highest BCUT2D eigenvalue weighted by atomic mass is 16.5. The minimum absolute atomic E-state index is 0.470. The SMILES string of the molecule is c1ccc(COc2cc(OCc3ccccc3)c3c(-c4ccccc4)coc3c2)cc1. The van der Waals surface area contributed by atoms with Crippen LogP contribution in [0.25, 0.3) is 22.1 Å². The average Bonchev–Trinajstić information content (AvgIpc) is 3.27. The highest BCUT2D eigenvalue weighted by Crippen LogP contribution is 2.40. The van der Waals surface area contributed by atoms with E-state index in [1.807, 2.05) is 78.9 Å². The molecule has 0 radical (unpaired) electrons. The summed E-state index contributed by atoms with van der Waals surface area (Å²) >= 11 is 0. The number of fused-ring (bicyclic) bond motifs is 1. The Hall–Kier alpha value is -3.98. The molecule has 3 nitrogen and oxygen atoms in total. The lowest BCUT2D eigenvalue weighted by atomic mass is 10.0. The molecule has 5 rings (SSSR count). The van der Waals surface area contributed by atoms with Crippen molar-refractivity contribution < 1.29 is 13.9 Å². The molecule has 5 aromatic rings. The average molecular weight is 406 g/mol. The summed E-state index contributed by atoms with van der Waals surface area (Å²) in [6, 6.07) is 34.3. The zero-order valence-electron chi connectivity index (χ0n) is 17.0. The Bertz CT molecular complexity index is 1260. The topological polar surface area (TPSA) is 31.6 Å². The van der Waals surface area contributed by atoms with Gasteiger partial charge in [0.1, 0.15) is 30.3 Å². The van der Waals surface area contributed by atoms with Crippen LogP contribution in [-0.2, 0) is 13.2 Å². The molecule has 31 heavy (non-hydrogen) atoms. The van der Waals surface area contributed by atoms with Crippen molar-refractivity contribution in [1.29, 1.82) is 0 Å². The maximum atomic E-state index is 6.28. The van der Waals surface area contributed by atoms with Crippen LogP contribution in [0.2, 0.25) is 0 Å². The lowest BCUT2D eigenvalue weighted by Crippen LogP contribution is -1.98.